The van der Waals surface area contributed by atoms with E-state index in [2.05, 4.69) is 78.8 Å². The van der Waals surface area contributed by atoms with E-state index in [9.17, 15) is 9.90 Å². The fraction of sp³-hybridized carbons (Fsp3) is 0.436. The highest BCUT2D eigenvalue weighted by Gasteiger charge is 2.39. The van der Waals surface area contributed by atoms with E-state index in [0.717, 1.165) is 58.8 Å². The summed E-state index contributed by atoms with van der Waals surface area (Å²) in [5.41, 5.74) is 6.75. The number of hydrogen-bond acceptors (Lipinski definition) is 6. The minimum absolute atomic E-state index is 0.0147. The number of para-hydroxylation sites is 1. The first kappa shape index (κ1) is 47.5. The molecule has 0 aromatic heterocycles. The Morgan fingerprint density at radius 3 is 1.89 bits per heavy atom. The van der Waals surface area contributed by atoms with Gasteiger partial charge < -0.3 is 34.9 Å². The third kappa shape index (κ3) is 15.1. The Bertz CT molecular complexity index is 2020. The molecule has 63 heavy (non-hydrogen) atoms. The average Bonchev–Trinajstić information content (AvgIpc) is 3.32. The number of amides is 2. The molecule has 336 valence electrons. The summed E-state index contributed by atoms with van der Waals surface area (Å²) in [5.74, 6) is 1.58. The molecule has 1 aliphatic heterocycles. The van der Waals surface area contributed by atoms with Gasteiger partial charge in [-0.15, -0.1) is 0 Å². The summed E-state index contributed by atoms with van der Waals surface area (Å²) in [6.07, 6.45) is 14.7. The number of ether oxygens (including phenoxy) is 3. The van der Waals surface area contributed by atoms with E-state index in [1.165, 1.54) is 77.0 Å². The monoisotopic (exact) mass is 854 g/mol. The highest BCUT2D eigenvalue weighted by atomic mass is 16.7. The number of carbonyl (C=O) groups excluding carboxylic acids is 1. The van der Waals surface area contributed by atoms with E-state index in [-0.39, 0.29) is 30.8 Å². The molecule has 2 amide bonds. The lowest BCUT2D eigenvalue weighted by Crippen LogP contribution is -2.45. The molecule has 6 rings (SSSR count). The van der Waals surface area contributed by atoms with Crippen LogP contribution in [0.3, 0.4) is 0 Å². The van der Waals surface area contributed by atoms with E-state index >= 15 is 0 Å². The van der Waals surface area contributed by atoms with Gasteiger partial charge in [-0.25, -0.2) is 4.79 Å². The zero-order valence-electron chi connectivity index (χ0n) is 38.0. The molecule has 1 saturated heterocycles. The number of benzene rings is 5. The minimum atomic E-state index is -0.535. The van der Waals surface area contributed by atoms with Gasteiger partial charge in [0.15, 0.2) is 6.29 Å². The molecule has 0 aliphatic carbocycles. The van der Waals surface area contributed by atoms with Crippen molar-refractivity contribution in [3.05, 3.63) is 150 Å². The second-order valence-electron chi connectivity index (χ2n) is 17.2. The number of aliphatic hydroxyl groups excluding tert-OH is 1. The summed E-state index contributed by atoms with van der Waals surface area (Å²) in [5, 5.41) is 15.7. The lowest BCUT2D eigenvalue weighted by Gasteiger charge is -2.43. The van der Waals surface area contributed by atoms with Gasteiger partial charge in [-0.3, -0.25) is 0 Å². The molecule has 8 heteroatoms. The smallest absolute Gasteiger partial charge is 0.319 e. The molecule has 0 saturated carbocycles. The number of anilines is 1. The molecule has 1 heterocycles. The summed E-state index contributed by atoms with van der Waals surface area (Å²) in [7, 11) is 0. The number of carbonyl (C=O) groups is 1. The number of hydrogen-bond donors (Lipinski definition) is 3. The predicted octanol–water partition coefficient (Wildman–Crippen LogP) is 13.8. The Morgan fingerprint density at radius 2 is 1.24 bits per heavy atom. The van der Waals surface area contributed by atoms with E-state index in [1.807, 2.05) is 84.9 Å². The first-order chi connectivity index (χ1) is 30.9. The Kier molecular flexibility index (Phi) is 19.6. The zero-order valence-corrected chi connectivity index (χ0v) is 38.0. The highest BCUT2D eigenvalue weighted by molar-refractivity contribution is 5.89. The van der Waals surface area contributed by atoms with Gasteiger partial charge in [0.2, 0.25) is 0 Å². The van der Waals surface area contributed by atoms with Crippen LogP contribution in [0.25, 0.3) is 11.1 Å². The van der Waals surface area contributed by atoms with Crippen LogP contribution < -0.4 is 15.4 Å². The Morgan fingerprint density at radius 1 is 0.651 bits per heavy atom. The van der Waals surface area contributed by atoms with Crippen LogP contribution in [0.2, 0.25) is 0 Å². The van der Waals surface area contributed by atoms with Crippen molar-refractivity contribution >= 4 is 11.7 Å². The van der Waals surface area contributed by atoms with Crippen LogP contribution in [0.1, 0.15) is 132 Å². The second kappa shape index (κ2) is 26.0. The Balaban J connectivity index is 1.12. The number of nitrogens with zero attached hydrogens (tertiary/aromatic N) is 1. The molecular weight excluding hydrogens is 783 g/mol. The maximum Gasteiger partial charge on any atom is 0.319 e. The van der Waals surface area contributed by atoms with Gasteiger partial charge in [0.05, 0.1) is 18.8 Å². The molecule has 4 atom stereocenters. The lowest BCUT2D eigenvalue weighted by atomic mass is 9.89. The predicted molar refractivity (Wildman–Crippen MR) is 257 cm³/mol. The van der Waals surface area contributed by atoms with Gasteiger partial charge in [-0.05, 0) is 90.1 Å². The molecule has 0 radical (unpaired) electrons. The molecule has 3 N–H and O–H groups in total. The molecule has 0 spiro atoms. The van der Waals surface area contributed by atoms with Crippen LogP contribution in [-0.2, 0) is 22.6 Å². The molecule has 5 aromatic carbocycles. The van der Waals surface area contributed by atoms with Crippen LogP contribution in [0.5, 0.6) is 11.5 Å². The van der Waals surface area contributed by atoms with Gasteiger partial charge in [0.25, 0.3) is 0 Å². The SMILES string of the molecule is CCCCCCCCN(CCCCCCCC)CC1OC(c2ccc(-c3ccccc3CNC(=O)Nc3ccc(Oc4ccccc4)cc3)cc2)OC(c2ccc(CO)cc2)C1C. The van der Waals surface area contributed by atoms with Crippen molar-refractivity contribution in [3.63, 3.8) is 0 Å². The number of unbranched alkanes of at least 4 members (excludes halogenated alkanes) is 10. The molecule has 1 fully saturated rings. The summed E-state index contributed by atoms with van der Waals surface area (Å²) in [4.78, 5) is 15.7. The van der Waals surface area contributed by atoms with Gasteiger partial charge >= 0.3 is 6.03 Å². The van der Waals surface area contributed by atoms with E-state index in [4.69, 9.17) is 14.2 Å². The topological polar surface area (TPSA) is 92.3 Å². The molecule has 8 nitrogen and oxygen atoms in total. The largest absolute Gasteiger partial charge is 0.457 e. The number of nitrogens with one attached hydrogen (secondary N) is 2. The summed E-state index contributed by atoms with van der Waals surface area (Å²) in [6.45, 7) is 10.3. The van der Waals surface area contributed by atoms with Crippen LogP contribution in [0.15, 0.2) is 127 Å². The van der Waals surface area contributed by atoms with Gasteiger partial charge in [0.1, 0.15) is 11.5 Å². The van der Waals surface area contributed by atoms with Gasteiger partial charge in [0, 0.05) is 30.3 Å². The van der Waals surface area contributed by atoms with Crippen molar-refractivity contribution in [1.29, 1.82) is 0 Å². The normalized spacial score (nSPS) is 17.4. The Hall–Kier alpha value is -4.99. The van der Waals surface area contributed by atoms with Crippen LogP contribution in [0.4, 0.5) is 10.5 Å². The first-order valence-corrected chi connectivity index (χ1v) is 23.7. The summed E-state index contributed by atoms with van der Waals surface area (Å²) < 4.78 is 19.8. The molecular formula is C55H71N3O5. The summed E-state index contributed by atoms with van der Waals surface area (Å²) in [6, 6.07) is 41.5. The van der Waals surface area contributed by atoms with E-state index in [0.29, 0.717) is 18.0 Å². The number of rotatable bonds is 25. The van der Waals surface area contributed by atoms with Crippen molar-refractivity contribution in [1.82, 2.24) is 10.2 Å². The quantitative estimate of drug-likeness (QED) is 0.0507. The number of urea groups is 1. The fourth-order valence-corrected chi connectivity index (χ4v) is 8.47. The van der Waals surface area contributed by atoms with Crippen molar-refractivity contribution in [3.8, 4) is 22.6 Å². The summed E-state index contributed by atoms with van der Waals surface area (Å²) >= 11 is 0. The van der Waals surface area contributed by atoms with E-state index < -0.39 is 6.29 Å². The van der Waals surface area contributed by atoms with E-state index in [1.54, 1.807) is 0 Å². The standard InChI is InChI=1S/C55H71N3O5/c1-4-6-8-10-12-19-37-58(38-20-13-11-9-7-5-2)40-52-42(3)53(45-27-25-43(41-59)26-28-45)63-54(62-52)46-31-29-44(30-32-46)51-24-18-17-21-47(51)39-56-55(60)57-48-33-35-50(36-34-48)61-49-22-15-14-16-23-49/h14-18,21-36,42,52-54,59H,4-13,19-20,37-41H2,1-3H3,(H2,56,57,60). The van der Waals surface area contributed by atoms with Crippen LogP contribution in [0, 0.1) is 5.92 Å². The maximum absolute atomic E-state index is 13.0. The maximum atomic E-state index is 13.0. The second-order valence-corrected chi connectivity index (χ2v) is 17.2. The first-order valence-electron chi connectivity index (χ1n) is 23.7. The number of aliphatic hydroxyl groups is 1. The molecule has 4 unspecified atom stereocenters. The third-order valence-electron chi connectivity index (χ3n) is 12.3. The van der Waals surface area contributed by atoms with Crippen LogP contribution >= 0.6 is 0 Å². The molecule has 0 bridgehead atoms. The lowest BCUT2D eigenvalue weighted by molar-refractivity contribution is -0.276. The molecule has 5 aromatic rings. The van der Waals surface area contributed by atoms with Gasteiger partial charge in [-0.1, -0.05) is 176 Å². The Labute approximate surface area is 377 Å². The zero-order chi connectivity index (χ0) is 44.1. The van der Waals surface area contributed by atoms with Gasteiger partial charge in [-0.2, -0.15) is 0 Å². The highest BCUT2D eigenvalue weighted by Crippen LogP contribution is 2.42. The third-order valence-corrected chi connectivity index (χ3v) is 12.3. The molecule has 1 aliphatic rings. The fourth-order valence-electron chi connectivity index (χ4n) is 8.47. The van der Waals surface area contributed by atoms with Crippen molar-refractivity contribution in [2.75, 3.05) is 25.0 Å². The van der Waals surface area contributed by atoms with Crippen molar-refractivity contribution < 1.29 is 24.1 Å². The van der Waals surface area contributed by atoms with Crippen molar-refractivity contribution in [2.24, 2.45) is 5.92 Å². The van der Waals surface area contributed by atoms with Crippen molar-refractivity contribution in [2.45, 2.75) is 129 Å². The minimum Gasteiger partial charge on any atom is -0.457 e. The van der Waals surface area contributed by atoms with Crippen LogP contribution in [-0.4, -0.2) is 41.8 Å². The average molecular weight is 854 g/mol.